The number of aliphatic hydroxyl groups excluding tert-OH is 8. The standard InChI is InChI=1S/C70H127NO13/c1-3-5-7-9-11-13-15-17-19-21-23-25-27-29-31-33-35-37-39-41-43-45-47-49-51-53-59(74)58(57-81-69-67(80)65(78)68(61(56-73)83-69)84-70-66(79)64(77)63(76)60(55-72)82-70)71-62(75)54-52-50-48-46-44-42-40-38-36-34-32-30-28-26-24-22-20-18-16-14-12-10-8-6-4-2/h6,8,12,14,18,20,24,26,51,53,58-61,63-70,72-74,76-80H,3-5,7,9-11,13,15-17,19,21-23,25,27-50,52,54-57H2,1-2H3,(H,71,75)/b8-6-,14-12-,20-18-,26-24-,53-51+. The van der Waals surface area contributed by atoms with Crippen molar-refractivity contribution in [3.05, 3.63) is 60.8 Å². The molecule has 9 N–H and O–H groups in total. The zero-order valence-corrected chi connectivity index (χ0v) is 53.1. The van der Waals surface area contributed by atoms with Crippen molar-refractivity contribution in [1.82, 2.24) is 5.32 Å². The smallest absolute Gasteiger partial charge is 0.220 e. The first-order valence-electron chi connectivity index (χ1n) is 34.5. The Labute approximate surface area is 511 Å². The lowest BCUT2D eigenvalue weighted by Crippen LogP contribution is -2.65. The minimum atomic E-state index is -1.79. The zero-order valence-electron chi connectivity index (χ0n) is 53.1. The Kier molecular flexibility index (Phi) is 50.8. The van der Waals surface area contributed by atoms with Gasteiger partial charge < -0.3 is 65.1 Å². The SMILES string of the molecule is CC/C=C\C/C=C\C/C=C\C/C=C\CCCCCCCCCCCCCCC(=O)NC(COC1OC(CO)C(OC2OC(CO)C(O)C(O)C2O)C(O)C1O)C(O)/C=C/CCCCCCCCCCCCCCCCCCCCCCCCC. The van der Waals surface area contributed by atoms with E-state index in [-0.39, 0.29) is 18.9 Å². The van der Waals surface area contributed by atoms with Gasteiger partial charge in [-0.05, 0) is 57.8 Å². The summed E-state index contributed by atoms with van der Waals surface area (Å²) in [5.74, 6) is -0.240. The van der Waals surface area contributed by atoms with Crippen LogP contribution >= 0.6 is 0 Å². The number of carbonyl (C=O) groups excluding carboxylic acids is 1. The second-order valence-corrected chi connectivity index (χ2v) is 24.3. The average Bonchev–Trinajstić information content (AvgIpc) is 3.18. The number of ether oxygens (including phenoxy) is 4. The Hall–Kier alpha value is -2.31. The summed E-state index contributed by atoms with van der Waals surface area (Å²) in [5.41, 5.74) is 0. The quantitative estimate of drug-likeness (QED) is 0.0204. The first-order chi connectivity index (χ1) is 41.1. The Bertz CT molecular complexity index is 1640. The first-order valence-corrected chi connectivity index (χ1v) is 34.5. The van der Waals surface area contributed by atoms with Crippen LogP contribution in [0.5, 0.6) is 0 Å². The number of rotatable bonds is 56. The summed E-state index contributed by atoms with van der Waals surface area (Å²) in [7, 11) is 0. The molecule has 0 bridgehead atoms. The van der Waals surface area contributed by atoms with E-state index in [1.807, 2.05) is 6.08 Å². The van der Waals surface area contributed by atoms with Gasteiger partial charge in [-0.1, -0.05) is 280 Å². The van der Waals surface area contributed by atoms with Gasteiger partial charge in [0.05, 0.1) is 32.0 Å². The van der Waals surface area contributed by atoms with Gasteiger partial charge in [0, 0.05) is 6.42 Å². The summed E-state index contributed by atoms with van der Waals surface area (Å²) in [6, 6.07) is -0.919. The Morgan fingerprint density at radius 3 is 1.26 bits per heavy atom. The third-order valence-corrected chi connectivity index (χ3v) is 16.7. The molecule has 0 aromatic heterocycles. The molecule has 2 fully saturated rings. The molecule has 0 saturated carbocycles. The molecule has 2 aliphatic rings. The van der Waals surface area contributed by atoms with Crippen molar-refractivity contribution in [2.45, 2.75) is 357 Å². The monoisotopic (exact) mass is 1190 g/mol. The van der Waals surface area contributed by atoms with E-state index in [2.05, 4.69) is 67.8 Å². The summed E-state index contributed by atoms with van der Waals surface area (Å²) in [6.07, 6.45) is 55.5. The van der Waals surface area contributed by atoms with E-state index in [1.165, 1.54) is 186 Å². The van der Waals surface area contributed by atoms with Gasteiger partial charge in [-0.3, -0.25) is 4.79 Å². The number of carbonyl (C=O) groups is 1. The van der Waals surface area contributed by atoms with E-state index in [1.54, 1.807) is 6.08 Å². The molecule has 2 saturated heterocycles. The minimum Gasteiger partial charge on any atom is -0.394 e. The molecule has 0 radical (unpaired) electrons. The topological polar surface area (TPSA) is 228 Å². The number of aliphatic hydroxyl groups is 8. The molecule has 490 valence electrons. The van der Waals surface area contributed by atoms with E-state index in [9.17, 15) is 45.6 Å². The molecule has 12 atom stereocenters. The Balaban J connectivity index is 1.70. The van der Waals surface area contributed by atoms with Gasteiger partial charge >= 0.3 is 0 Å². The van der Waals surface area contributed by atoms with Crippen molar-refractivity contribution >= 4 is 5.91 Å². The molecular weight excluding hydrogens is 1060 g/mol. The molecule has 84 heavy (non-hydrogen) atoms. The third-order valence-electron chi connectivity index (χ3n) is 16.7. The average molecular weight is 1190 g/mol. The molecule has 14 heteroatoms. The summed E-state index contributed by atoms with van der Waals surface area (Å²) in [6.45, 7) is 2.72. The highest BCUT2D eigenvalue weighted by atomic mass is 16.7. The molecular formula is C70H127NO13. The number of hydrogen-bond acceptors (Lipinski definition) is 13. The third kappa shape index (κ3) is 38.9. The van der Waals surface area contributed by atoms with E-state index in [0.29, 0.717) is 6.42 Å². The van der Waals surface area contributed by atoms with E-state index >= 15 is 0 Å². The highest BCUT2D eigenvalue weighted by Gasteiger charge is 2.51. The van der Waals surface area contributed by atoms with Gasteiger partial charge in [-0.2, -0.15) is 0 Å². The van der Waals surface area contributed by atoms with Crippen molar-refractivity contribution in [2.24, 2.45) is 0 Å². The van der Waals surface area contributed by atoms with E-state index < -0.39 is 86.8 Å². The van der Waals surface area contributed by atoms with Crippen LogP contribution in [0.2, 0.25) is 0 Å². The summed E-state index contributed by atoms with van der Waals surface area (Å²) < 4.78 is 22.9. The predicted octanol–water partition coefficient (Wildman–Crippen LogP) is 13.7. The molecule has 14 nitrogen and oxygen atoms in total. The van der Waals surface area contributed by atoms with Crippen molar-refractivity contribution < 1.29 is 64.6 Å². The largest absolute Gasteiger partial charge is 0.394 e. The maximum absolute atomic E-state index is 13.3. The summed E-state index contributed by atoms with van der Waals surface area (Å²) in [4.78, 5) is 13.3. The van der Waals surface area contributed by atoms with Crippen LogP contribution in [0.25, 0.3) is 0 Å². The Morgan fingerprint density at radius 2 is 0.821 bits per heavy atom. The van der Waals surface area contributed by atoms with Crippen LogP contribution in [-0.2, 0) is 23.7 Å². The molecule has 0 aromatic carbocycles. The molecule has 2 heterocycles. The lowest BCUT2D eigenvalue weighted by Gasteiger charge is -2.46. The fourth-order valence-corrected chi connectivity index (χ4v) is 11.2. The number of nitrogens with one attached hydrogen (secondary N) is 1. The van der Waals surface area contributed by atoms with Gasteiger partial charge in [0.15, 0.2) is 12.6 Å². The highest BCUT2D eigenvalue weighted by Crippen LogP contribution is 2.30. The van der Waals surface area contributed by atoms with Crippen molar-refractivity contribution in [1.29, 1.82) is 0 Å². The number of amides is 1. The van der Waals surface area contributed by atoms with Crippen molar-refractivity contribution in [3.8, 4) is 0 Å². The van der Waals surface area contributed by atoms with Crippen LogP contribution in [0.1, 0.15) is 284 Å². The molecule has 12 unspecified atom stereocenters. The highest BCUT2D eigenvalue weighted by molar-refractivity contribution is 5.76. The van der Waals surface area contributed by atoms with Crippen LogP contribution in [0.15, 0.2) is 60.8 Å². The minimum absolute atomic E-state index is 0.240. The molecule has 0 spiro atoms. The normalized spacial score (nSPS) is 24.0. The lowest BCUT2D eigenvalue weighted by molar-refractivity contribution is -0.359. The maximum atomic E-state index is 13.3. The zero-order chi connectivity index (χ0) is 60.9. The van der Waals surface area contributed by atoms with Gasteiger partial charge in [0.2, 0.25) is 5.91 Å². The second-order valence-electron chi connectivity index (χ2n) is 24.3. The van der Waals surface area contributed by atoms with Gasteiger partial charge in [0.25, 0.3) is 0 Å². The first kappa shape index (κ1) is 77.8. The van der Waals surface area contributed by atoms with Crippen LogP contribution < -0.4 is 5.32 Å². The number of allylic oxidation sites excluding steroid dienone is 9. The summed E-state index contributed by atoms with van der Waals surface area (Å²) >= 11 is 0. The van der Waals surface area contributed by atoms with Crippen LogP contribution in [0, 0.1) is 0 Å². The van der Waals surface area contributed by atoms with E-state index in [0.717, 1.165) is 70.6 Å². The lowest BCUT2D eigenvalue weighted by atomic mass is 9.97. The number of hydrogen-bond donors (Lipinski definition) is 9. The Morgan fingerprint density at radius 1 is 0.440 bits per heavy atom. The van der Waals surface area contributed by atoms with Crippen LogP contribution in [-0.4, -0.2) is 140 Å². The molecule has 2 aliphatic heterocycles. The fraction of sp³-hybridized carbons (Fsp3) is 0.843. The van der Waals surface area contributed by atoms with Crippen LogP contribution in [0.3, 0.4) is 0 Å². The van der Waals surface area contributed by atoms with Gasteiger partial charge in [-0.15, -0.1) is 0 Å². The molecule has 0 aliphatic carbocycles. The molecule has 0 aromatic rings. The fourth-order valence-electron chi connectivity index (χ4n) is 11.2. The second kappa shape index (κ2) is 54.8. The summed E-state index contributed by atoms with van der Waals surface area (Å²) in [5, 5.41) is 87.4. The van der Waals surface area contributed by atoms with Gasteiger partial charge in [-0.25, -0.2) is 0 Å². The molecule has 1 amide bonds. The van der Waals surface area contributed by atoms with E-state index in [4.69, 9.17) is 18.9 Å². The van der Waals surface area contributed by atoms with Gasteiger partial charge in [0.1, 0.15) is 48.8 Å². The van der Waals surface area contributed by atoms with Crippen molar-refractivity contribution in [2.75, 3.05) is 19.8 Å². The molecule has 2 rings (SSSR count). The van der Waals surface area contributed by atoms with Crippen molar-refractivity contribution in [3.63, 3.8) is 0 Å². The predicted molar refractivity (Wildman–Crippen MR) is 341 cm³/mol. The van der Waals surface area contributed by atoms with Crippen LogP contribution in [0.4, 0.5) is 0 Å². The number of unbranched alkanes of at least 4 members (excludes halogenated alkanes) is 35. The maximum Gasteiger partial charge on any atom is 0.220 e.